The average molecular weight is 461 g/mol. The monoisotopic (exact) mass is 460 g/mol. The Morgan fingerprint density at radius 2 is 1.71 bits per heavy atom. The van der Waals surface area contributed by atoms with Crippen LogP contribution in [0.25, 0.3) is 0 Å². The molecule has 4 rings (SSSR count). The van der Waals surface area contributed by atoms with Gasteiger partial charge in [0.05, 0.1) is 12.3 Å². The summed E-state index contributed by atoms with van der Waals surface area (Å²) < 4.78 is 8.10. The highest BCUT2D eigenvalue weighted by Crippen LogP contribution is 2.37. The summed E-state index contributed by atoms with van der Waals surface area (Å²) >= 11 is 0. The molecule has 6 nitrogen and oxygen atoms in total. The molecule has 1 aliphatic rings. The van der Waals surface area contributed by atoms with E-state index in [1.165, 1.54) is 5.56 Å². The van der Waals surface area contributed by atoms with Crippen LogP contribution in [-0.4, -0.2) is 52.2 Å². The second-order valence-electron chi connectivity index (χ2n) is 9.70. The minimum Gasteiger partial charge on any atom is -0.493 e. The molecule has 0 unspecified atom stereocenters. The number of para-hydroxylation sites is 1. The van der Waals surface area contributed by atoms with Crippen molar-refractivity contribution < 1.29 is 9.53 Å². The van der Waals surface area contributed by atoms with E-state index in [0.29, 0.717) is 19.6 Å². The Morgan fingerprint density at radius 1 is 1.06 bits per heavy atom. The van der Waals surface area contributed by atoms with Crippen LogP contribution in [0.3, 0.4) is 0 Å². The first-order chi connectivity index (χ1) is 16.4. The minimum absolute atomic E-state index is 0.168. The summed E-state index contributed by atoms with van der Waals surface area (Å²) in [5.74, 6) is 1.04. The first-order valence-corrected chi connectivity index (χ1v) is 12.1. The molecule has 1 fully saturated rings. The van der Waals surface area contributed by atoms with Gasteiger partial charge in [0, 0.05) is 50.8 Å². The molecule has 0 aliphatic carbocycles. The summed E-state index contributed by atoms with van der Waals surface area (Å²) in [6.07, 6.45) is 4.48. The van der Waals surface area contributed by atoms with Crippen LogP contribution in [0.15, 0.2) is 66.9 Å². The summed E-state index contributed by atoms with van der Waals surface area (Å²) in [6, 6.07) is 20.1. The van der Waals surface area contributed by atoms with Crippen molar-refractivity contribution in [1.29, 1.82) is 0 Å². The predicted molar refractivity (Wildman–Crippen MR) is 134 cm³/mol. The Morgan fingerprint density at radius 3 is 2.32 bits per heavy atom. The van der Waals surface area contributed by atoms with Gasteiger partial charge in [0.25, 0.3) is 0 Å². The molecule has 6 heteroatoms. The van der Waals surface area contributed by atoms with Crippen molar-refractivity contribution in [3.05, 3.63) is 83.7 Å². The van der Waals surface area contributed by atoms with Crippen molar-refractivity contribution in [2.75, 3.05) is 26.7 Å². The highest BCUT2D eigenvalue weighted by atomic mass is 16.5. The van der Waals surface area contributed by atoms with E-state index >= 15 is 0 Å². The van der Waals surface area contributed by atoms with E-state index in [-0.39, 0.29) is 11.3 Å². The lowest BCUT2D eigenvalue weighted by Gasteiger charge is -2.42. The minimum atomic E-state index is -0.168. The SMILES string of the molecule is Cc1nn(C)cc1CN1CCC(COc2ccccc2)(CC(=O)N(C)Cc2ccccc2)CC1. The van der Waals surface area contributed by atoms with E-state index in [1.54, 1.807) is 0 Å². The number of carbonyl (C=O) groups is 1. The maximum atomic E-state index is 13.3. The van der Waals surface area contributed by atoms with Gasteiger partial charge in [0.15, 0.2) is 0 Å². The zero-order valence-corrected chi connectivity index (χ0v) is 20.6. The normalized spacial score (nSPS) is 15.7. The summed E-state index contributed by atoms with van der Waals surface area (Å²) in [5, 5.41) is 4.48. The standard InChI is InChI=1S/C28H36N4O2/c1-23-25(20-31(3)29-23)21-32-16-14-28(15-17-32,22-34-26-12-8-5-9-13-26)18-27(33)30(2)19-24-10-6-4-7-11-24/h4-13,20H,14-19,21-22H2,1-3H3. The van der Waals surface area contributed by atoms with Gasteiger partial charge >= 0.3 is 0 Å². The van der Waals surface area contributed by atoms with Gasteiger partial charge in [0.2, 0.25) is 5.91 Å². The number of aromatic nitrogens is 2. The summed E-state index contributed by atoms with van der Waals surface area (Å²) in [7, 11) is 3.87. The van der Waals surface area contributed by atoms with E-state index in [9.17, 15) is 4.79 Å². The van der Waals surface area contributed by atoms with Crippen molar-refractivity contribution in [3.63, 3.8) is 0 Å². The number of benzene rings is 2. The van der Waals surface area contributed by atoms with E-state index < -0.39 is 0 Å². The van der Waals surface area contributed by atoms with E-state index in [4.69, 9.17) is 4.74 Å². The van der Waals surface area contributed by atoms with Crippen LogP contribution in [0.4, 0.5) is 0 Å². The average Bonchev–Trinajstić information content (AvgIpc) is 3.17. The highest BCUT2D eigenvalue weighted by Gasteiger charge is 2.38. The first kappa shape index (κ1) is 24.0. The molecule has 1 aromatic heterocycles. The van der Waals surface area contributed by atoms with Gasteiger partial charge in [-0.05, 0) is 50.6 Å². The quantitative estimate of drug-likeness (QED) is 0.474. The van der Waals surface area contributed by atoms with Crippen molar-refractivity contribution in [2.24, 2.45) is 12.5 Å². The van der Waals surface area contributed by atoms with Gasteiger partial charge in [-0.3, -0.25) is 14.4 Å². The molecule has 0 radical (unpaired) electrons. The maximum absolute atomic E-state index is 13.3. The Balaban J connectivity index is 1.42. The van der Waals surface area contributed by atoms with Crippen molar-refractivity contribution in [3.8, 4) is 5.75 Å². The fourth-order valence-corrected chi connectivity index (χ4v) is 4.76. The number of nitrogens with zero attached hydrogens (tertiary/aromatic N) is 4. The fraction of sp³-hybridized carbons (Fsp3) is 0.429. The molecular weight excluding hydrogens is 424 g/mol. The van der Waals surface area contributed by atoms with Crippen LogP contribution in [-0.2, 0) is 24.9 Å². The number of amides is 1. The lowest BCUT2D eigenvalue weighted by molar-refractivity contribution is -0.134. The summed E-state index contributed by atoms with van der Waals surface area (Å²) in [5.41, 5.74) is 3.34. The zero-order chi connectivity index (χ0) is 24.0. The van der Waals surface area contributed by atoms with Crippen LogP contribution < -0.4 is 4.74 Å². The Kier molecular flexibility index (Phi) is 7.68. The molecule has 0 spiro atoms. The smallest absolute Gasteiger partial charge is 0.223 e. The lowest BCUT2D eigenvalue weighted by atomic mass is 9.75. The van der Waals surface area contributed by atoms with Gasteiger partial charge < -0.3 is 9.64 Å². The number of piperidine rings is 1. The molecule has 0 bridgehead atoms. The summed E-state index contributed by atoms with van der Waals surface area (Å²) in [6.45, 7) is 6.05. The molecule has 2 heterocycles. The Hall–Kier alpha value is -3.12. The number of rotatable bonds is 9. The molecule has 0 atom stereocenters. The fourth-order valence-electron chi connectivity index (χ4n) is 4.76. The summed E-state index contributed by atoms with van der Waals surface area (Å²) in [4.78, 5) is 17.6. The van der Waals surface area contributed by atoms with Gasteiger partial charge in [-0.25, -0.2) is 0 Å². The Bertz CT molecular complexity index is 1060. The van der Waals surface area contributed by atoms with Gasteiger partial charge in [-0.15, -0.1) is 0 Å². The third-order valence-corrected chi connectivity index (χ3v) is 6.93. The third-order valence-electron chi connectivity index (χ3n) is 6.93. The molecule has 180 valence electrons. The third kappa shape index (κ3) is 6.26. The molecule has 1 amide bonds. The number of hydrogen-bond acceptors (Lipinski definition) is 4. The number of likely N-dealkylation sites (tertiary alicyclic amines) is 1. The second-order valence-corrected chi connectivity index (χ2v) is 9.70. The molecule has 1 aliphatic heterocycles. The van der Waals surface area contributed by atoms with E-state index in [0.717, 1.165) is 49.5 Å². The molecule has 0 N–H and O–H groups in total. The van der Waals surface area contributed by atoms with Gasteiger partial charge in [0.1, 0.15) is 5.75 Å². The zero-order valence-electron chi connectivity index (χ0n) is 20.6. The van der Waals surface area contributed by atoms with Crippen molar-refractivity contribution in [1.82, 2.24) is 19.6 Å². The van der Waals surface area contributed by atoms with E-state index in [1.807, 2.05) is 72.2 Å². The Labute approximate surface area is 203 Å². The largest absolute Gasteiger partial charge is 0.493 e. The maximum Gasteiger partial charge on any atom is 0.223 e. The van der Waals surface area contributed by atoms with Crippen molar-refractivity contribution in [2.45, 2.75) is 39.3 Å². The highest BCUT2D eigenvalue weighted by molar-refractivity contribution is 5.76. The van der Waals surface area contributed by atoms with Crippen molar-refractivity contribution >= 4 is 5.91 Å². The van der Waals surface area contributed by atoms with E-state index in [2.05, 4.69) is 35.3 Å². The van der Waals surface area contributed by atoms with Gasteiger partial charge in [-0.2, -0.15) is 5.10 Å². The second kappa shape index (κ2) is 10.9. The molecule has 1 saturated heterocycles. The molecule has 2 aromatic carbocycles. The van der Waals surface area contributed by atoms with Gasteiger partial charge in [-0.1, -0.05) is 48.5 Å². The number of aryl methyl sites for hydroxylation is 2. The number of ether oxygens (including phenoxy) is 1. The predicted octanol–water partition coefficient (Wildman–Crippen LogP) is 4.44. The molecular formula is C28H36N4O2. The van der Waals surface area contributed by atoms with Crippen LogP contribution in [0.2, 0.25) is 0 Å². The molecule has 3 aromatic rings. The first-order valence-electron chi connectivity index (χ1n) is 12.1. The topological polar surface area (TPSA) is 50.6 Å². The van der Waals surface area contributed by atoms with Crippen LogP contribution >= 0.6 is 0 Å². The lowest BCUT2D eigenvalue weighted by Crippen LogP contribution is -2.45. The van der Waals surface area contributed by atoms with Crippen LogP contribution in [0, 0.1) is 12.3 Å². The molecule has 0 saturated carbocycles. The number of carbonyl (C=O) groups excluding carboxylic acids is 1. The van der Waals surface area contributed by atoms with Crippen LogP contribution in [0.5, 0.6) is 5.75 Å². The van der Waals surface area contributed by atoms with Crippen LogP contribution in [0.1, 0.15) is 36.1 Å². The molecule has 34 heavy (non-hydrogen) atoms. The number of hydrogen-bond donors (Lipinski definition) is 0.